The van der Waals surface area contributed by atoms with E-state index in [0.29, 0.717) is 12.0 Å². The van der Waals surface area contributed by atoms with Crippen molar-refractivity contribution in [1.82, 2.24) is 9.80 Å². The molecule has 5 nitrogen and oxygen atoms in total. The number of carbonyl (C=O) groups is 1. The fourth-order valence-corrected chi connectivity index (χ4v) is 2.72. The van der Waals surface area contributed by atoms with E-state index in [0.717, 1.165) is 32.7 Å². The Morgan fingerprint density at radius 2 is 1.84 bits per heavy atom. The van der Waals surface area contributed by atoms with Crippen LogP contribution in [0.15, 0.2) is 0 Å². The van der Waals surface area contributed by atoms with Crippen molar-refractivity contribution in [2.24, 2.45) is 11.7 Å². The number of amides is 1. The highest BCUT2D eigenvalue weighted by molar-refractivity contribution is 5.69. The second-order valence-corrected chi connectivity index (χ2v) is 6.75. The van der Waals surface area contributed by atoms with Gasteiger partial charge in [0.2, 0.25) is 0 Å². The minimum atomic E-state index is -0.401. The Kier molecular flexibility index (Phi) is 4.36. The van der Waals surface area contributed by atoms with E-state index in [1.807, 2.05) is 20.8 Å². The molecular formula is C14H27N3O2. The Bertz CT molecular complexity index is 313. The van der Waals surface area contributed by atoms with Crippen LogP contribution in [0.5, 0.6) is 0 Å². The van der Waals surface area contributed by atoms with Gasteiger partial charge in [-0.15, -0.1) is 0 Å². The lowest BCUT2D eigenvalue weighted by molar-refractivity contribution is -0.0213. The third kappa shape index (κ3) is 3.83. The van der Waals surface area contributed by atoms with Crippen molar-refractivity contribution in [1.29, 1.82) is 0 Å². The van der Waals surface area contributed by atoms with Crippen LogP contribution in [0.2, 0.25) is 0 Å². The van der Waals surface area contributed by atoms with E-state index >= 15 is 0 Å². The van der Waals surface area contributed by atoms with Crippen LogP contribution in [-0.2, 0) is 4.74 Å². The van der Waals surface area contributed by atoms with Crippen LogP contribution in [0.25, 0.3) is 0 Å². The zero-order valence-corrected chi connectivity index (χ0v) is 12.4. The summed E-state index contributed by atoms with van der Waals surface area (Å²) in [5, 5.41) is 0. The molecule has 2 heterocycles. The fraction of sp³-hybridized carbons (Fsp3) is 0.929. The SMILES string of the molecule is CC(C)(C)OC(=O)N1CC(N2CCC(CN)CC2)C1. The van der Waals surface area contributed by atoms with Gasteiger partial charge in [0.05, 0.1) is 0 Å². The van der Waals surface area contributed by atoms with E-state index in [1.54, 1.807) is 4.90 Å². The molecule has 2 fully saturated rings. The fourth-order valence-electron chi connectivity index (χ4n) is 2.72. The molecule has 0 aromatic heterocycles. The summed E-state index contributed by atoms with van der Waals surface area (Å²) in [6, 6.07) is 0.520. The molecule has 0 radical (unpaired) electrons. The van der Waals surface area contributed by atoms with Gasteiger partial charge in [0.15, 0.2) is 0 Å². The lowest BCUT2D eigenvalue weighted by Crippen LogP contribution is -2.62. The molecule has 0 atom stereocenters. The normalized spacial score (nSPS) is 23.3. The van der Waals surface area contributed by atoms with E-state index in [1.165, 1.54) is 12.8 Å². The lowest BCUT2D eigenvalue weighted by Gasteiger charge is -2.47. The number of carbonyl (C=O) groups excluding carboxylic acids is 1. The molecule has 19 heavy (non-hydrogen) atoms. The maximum atomic E-state index is 11.8. The van der Waals surface area contributed by atoms with Crippen LogP contribution in [0, 0.1) is 5.92 Å². The maximum Gasteiger partial charge on any atom is 0.410 e. The average Bonchev–Trinajstić information content (AvgIpc) is 2.25. The van der Waals surface area contributed by atoms with Gasteiger partial charge < -0.3 is 15.4 Å². The van der Waals surface area contributed by atoms with Crippen LogP contribution in [0.4, 0.5) is 4.79 Å². The monoisotopic (exact) mass is 269 g/mol. The van der Waals surface area contributed by atoms with E-state index in [2.05, 4.69) is 4.90 Å². The number of nitrogens with two attached hydrogens (primary N) is 1. The van der Waals surface area contributed by atoms with Gasteiger partial charge in [-0.3, -0.25) is 4.90 Å². The smallest absolute Gasteiger partial charge is 0.410 e. The molecule has 0 bridgehead atoms. The van der Waals surface area contributed by atoms with Gasteiger partial charge in [-0.05, 0) is 59.2 Å². The zero-order valence-electron chi connectivity index (χ0n) is 12.4. The lowest BCUT2D eigenvalue weighted by atomic mass is 9.94. The van der Waals surface area contributed by atoms with Crippen molar-refractivity contribution in [3.8, 4) is 0 Å². The molecule has 2 N–H and O–H groups in total. The minimum absolute atomic E-state index is 0.180. The van der Waals surface area contributed by atoms with E-state index in [9.17, 15) is 4.79 Å². The van der Waals surface area contributed by atoms with Crippen molar-refractivity contribution >= 4 is 6.09 Å². The predicted molar refractivity (Wildman–Crippen MR) is 74.9 cm³/mol. The summed E-state index contributed by atoms with van der Waals surface area (Å²) in [6.07, 6.45) is 2.21. The molecule has 0 aromatic carbocycles. The molecular weight excluding hydrogens is 242 g/mol. The molecule has 2 rings (SSSR count). The molecule has 110 valence electrons. The molecule has 2 saturated heterocycles. The first-order valence-electron chi connectivity index (χ1n) is 7.31. The second kappa shape index (κ2) is 5.67. The quantitative estimate of drug-likeness (QED) is 0.820. The molecule has 2 aliphatic heterocycles. The first-order chi connectivity index (χ1) is 8.89. The largest absolute Gasteiger partial charge is 0.444 e. The number of rotatable bonds is 2. The average molecular weight is 269 g/mol. The standard InChI is InChI=1S/C14H27N3O2/c1-14(2,3)19-13(18)17-9-12(10-17)16-6-4-11(8-15)5-7-16/h11-12H,4-10,15H2,1-3H3. The number of nitrogens with zero attached hydrogens (tertiary/aromatic N) is 2. The number of hydrogen-bond donors (Lipinski definition) is 1. The number of likely N-dealkylation sites (tertiary alicyclic amines) is 2. The summed E-state index contributed by atoms with van der Waals surface area (Å²) in [6.45, 7) is 10.4. The molecule has 0 unspecified atom stereocenters. The van der Waals surface area contributed by atoms with Crippen LogP contribution in [0.3, 0.4) is 0 Å². The van der Waals surface area contributed by atoms with E-state index in [-0.39, 0.29) is 6.09 Å². The Morgan fingerprint density at radius 1 is 1.26 bits per heavy atom. The van der Waals surface area contributed by atoms with Gasteiger partial charge in [-0.2, -0.15) is 0 Å². The Hall–Kier alpha value is -0.810. The van der Waals surface area contributed by atoms with Crippen molar-refractivity contribution in [3.05, 3.63) is 0 Å². The highest BCUT2D eigenvalue weighted by Gasteiger charge is 2.37. The van der Waals surface area contributed by atoms with E-state index < -0.39 is 5.60 Å². The summed E-state index contributed by atoms with van der Waals surface area (Å²) in [4.78, 5) is 16.1. The van der Waals surface area contributed by atoms with Crippen LogP contribution >= 0.6 is 0 Å². The first kappa shape index (κ1) is 14.6. The number of piperidine rings is 1. The van der Waals surface area contributed by atoms with Crippen molar-refractivity contribution in [2.75, 3.05) is 32.7 Å². The summed E-state index contributed by atoms with van der Waals surface area (Å²) in [5.41, 5.74) is 5.30. The van der Waals surface area contributed by atoms with Gasteiger partial charge >= 0.3 is 6.09 Å². The second-order valence-electron chi connectivity index (χ2n) is 6.75. The van der Waals surface area contributed by atoms with Crippen molar-refractivity contribution < 1.29 is 9.53 Å². The summed E-state index contributed by atoms with van der Waals surface area (Å²) in [5.74, 6) is 0.693. The summed E-state index contributed by atoms with van der Waals surface area (Å²) in [7, 11) is 0. The molecule has 0 saturated carbocycles. The highest BCUT2D eigenvalue weighted by Crippen LogP contribution is 2.24. The first-order valence-corrected chi connectivity index (χ1v) is 7.31. The van der Waals surface area contributed by atoms with Crippen LogP contribution < -0.4 is 5.73 Å². The van der Waals surface area contributed by atoms with Gasteiger partial charge in [0.25, 0.3) is 0 Å². The molecule has 5 heteroatoms. The van der Waals surface area contributed by atoms with Gasteiger partial charge in [0, 0.05) is 19.1 Å². The molecule has 2 aliphatic rings. The summed E-state index contributed by atoms with van der Waals surface area (Å²) >= 11 is 0. The van der Waals surface area contributed by atoms with Crippen molar-refractivity contribution in [2.45, 2.75) is 45.3 Å². The van der Waals surface area contributed by atoms with Crippen LogP contribution in [0.1, 0.15) is 33.6 Å². The van der Waals surface area contributed by atoms with E-state index in [4.69, 9.17) is 10.5 Å². The molecule has 0 spiro atoms. The Morgan fingerprint density at radius 3 is 2.32 bits per heavy atom. The Balaban J connectivity index is 1.70. The molecule has 0 aliphatic carbocycles. The number of hydrogen-bond acceptors (Lipinski definition) is 4. The zero-order chi connectivity index (χ0) is 14.0. The molecule has 0 aromatic rings. The minimum Gasteiger partial charge on any atom is -0.444 e. The molecule has 1 amide bonds. The van der Waals surface area contributed by atoms with Gasteiger partial charge in [0.1, 0.15) is 5.60 Å². The van der Waals surface area contributed by atoms with Crippen molar-refractivity contribution in [3.63, 3.8) is 0 Å². The van der Waals surface area contributed by atoms with Gasteiger partial charge in [-0.1, -0.05) is 0 Å². The third-order valence-electron chi connectivity index (χ3n) is 4.01. The maximum absolute atomic E-state index is 11.8. The highest BCUT2D eigenvalue weighted by atomic mass is 16.6. The summed E-state index contributed by atoms with van der Waals surface area (Å²) < 4.78 is 5.36. The van der Waals surface area contributed by atoms with Gasteiger partial charge in [-0.25, -0.2) is 4.79 Å². The third-order valence-corrected chi connectivity index (χ3v) is 4.01. The van der Waals surface area contributed by atoms with Crippen LogP contribution in [-0.4, -0.2) is 60.3 Å². The predicted octanol–water partition coefficient (Wildman–Crippen LogP) is 1.28. The Labute approximate surface area is 116 Å². The topological polar surface area (TPSA) is 58.8 Å². The number of ether oxygens (including phenoxy) is 1.